The summed E-state index contributed by atoms with van der Waals surface area (Å²) >= 11 is 0. The molecule has 3 heteroatoms. The zero-order chi connectivity index (χ0) is 9.42. The van der Waals surface area contributed by atoms with Gasteiger partial charge in [0.15, 0.2) is 0 Å². The Bertz CT molecular complexity index is 299. The molecule has 1 aliphatic rings. The second-order valence-corrected chi connectivity index (χ2v) is 4.09. The summed E-state index contributed by atoms with van der Waals surface area (Å²) in [7, 11) is 2.03. The number of aryl methyl sites for hydroxylation is 2. The van der Waals surface area contributed by atoms with Gasteiger partial charge in [-0.1, -0.05) is 0 Å². The third kappa shape index (κ3) is 1.85. The summed E-state index contributed by atoms with van der Waals surface area (Å²) in [6, 6.07) is 0.570. The molecule has 1 fully saturated rings. The molecule has 3 nitrogen and oxygen atoms in total. The van der Waals surface area contributed by atoms with Crippen molar-refractivity contribution in [3.8, 4) is 0 Å². The highest BCUT2D eigenvalue weighted by atomic mass is 15.2. The number of nitrogens with one attached hydrogen (secondary N) is 1. The van der Waals surface area contributed by atoms with Gasteiger partial charge in [-0.25, -0.2) is 4.98 Å². The van der Waals surface area contributed by atoms with Gasteiger partial charge in [0.2, 0.25) is 5.95 Å². The van der Waals surface area contributed by atoms with Crippen molar-refractivity contribution in [2.24, 2.45) is 13.0 Å². The standard InChI is InChI=1S/C10H17N3/c1-7-6-13(3)10(11-7)12-8(2)9-4-5-9/h6,8-9H,4-5H2,1-3H3,(H,11,12). The molecule has 0 aliphatic heterocycles. The van der Waals surface area contributed by atoms with Crippen LogP contribution in [0.3, 0.4) is 0 Å². The number of hydrogen-bond donors (Lipinski definition) is 1. The van der Waals surface area contributed by atoms with Gasteiger partial charge in [-0.2, -0.15) is 0 Å². The summed E-state index contributed by atoms with van der Waals surface area (Å²) in [5, 5.41) is 3.44. The second-order valence-electron chi connectivity index (χ2n) is 4.09. The van der Waals surface area contributed by atoms with Crippen LogP contribution in [0.2, 0.25) is 0 Å². The normalized spacial score (nSPS) is 18.7. The average Bonchev–Trinajstić information content (AvgIpc) is 2.81. The van der Waals surface area contributed by atoms with Crippen LogP contribution in [0.25, 0.3) is 0 Å². The van der Waals surface area contributed by atoms with Gasteiger partial charge in [-0.15, -0.1) is 0 Å². The number of nitrogens with zero attached hydrogens (tertiary/aromatic N) is 2. The van der Waals surface area contributed by atoms with Crippen molar-refractivity contribution in [3.05, 3.63) is 11.9 Å². The first-order valence-corrected chi connectivity index (χ1v) is 4.93. The van der Waals surface area contributed by atoms with Crippen molar-refractivity contribution in [1.29, 1.82) is 0 Å². The van der Waals surface area contributed by atoms with Gasteiger partial charge in [0.1, 0.15) is 0 Å². The quantitative estimate of drug-likeness (QED) is 0.768. The fourth-order valence-corrected chi connectivity index (χ4v) is 1.67. The first-order chi connectivity index (χ1) is 6.16. The van der Waals surface area contributed by atoms with E-state index in [0.29, 0.717) is 6.04 Å². The van der Waals surface area contributed by atoms with E-state index in [0.717, 1.165) is 17.6 Å². The van der Waals surface area contributed by atoms with Crippen LogP contribution in [0.4, 0.5) is 5.95 Å². The van der Waals surface area contributed by atoms with E-state index in [4.69, 9.17) is 0 Å². The highest BCUT2D eigenvalue weighted by Crippen LogP contribution is 2.33. The summed E-state index contributed by atoms with van der Waals surface area (Å²) < 4.78 is 2.05. The number of hydrogen-bond acceptors (Lipinski definition) is 2. The van der Waals surface area contributed by atoms with E-state index in [1.807, 2.05) is 24.7 Å². The lowest BCUT2D eigenvalue weighted by atomic mass is 10.2. The molecule has 1 heterocycles. The van der Waals surface area contributed by atoms with E-state index in [9.17, 15) is 0 Å². The summed E-state index contributed by atoms with van der Waals surface area (Å²) in [5.41, 5.74) is 1.08. The van der Waals surface area contributed by atoms with E-state index < -0.39 is 0 Å². The fraction of sp³-hybridized carbons (Fsp3) is 0.700. The lowest BCUT2D eigenvalue weighted by molar-refractivity contribution is 0.679. The Hall–Kier alpha value is -0.990. The van der Waals surface area contributed by atoms with Crippen LogP contribution in [0.5, 0.6) is 0 Å². The molecule has 0 spiro atoms. The minimum Gasteiger partial charge on any atom is -0.353 e. The lowest BCUT2D eigenvalue weighted by Gasteiger charge is -2.12. The Balaban J connectivity index is 2.03. The largest absolute Gasteiger partial charge is 0.353 e. The monoisotopic (exact) mass is 179 g/mol. The highest BCUT2D eigenvalue weighted by Gasteiger charge is 2.28. The Labute approximate surface area is 79.2 Å². The zero-order valence-corrected chi connectivity index (χ0v) is 8.54. The van der Waals surface area contributed by atoms with Crippen LogP contribution in [0.15, 0.2) is 6.20 Å². The fourth-order valence-electron chi connectivity index (χ4n) is 1.67. The Morgan fingerprint density at radius 1 is 1.62 bits per heavy atom. The molecule has 1 unspecified atom stereocenters. The van der Waals surface area contributed by atoms with E-state index in [1.54, 1.807) is 0 Å². The van der Waals surface area contributed by atoms with Crippen molar-refractivity contribution in [2.75, 3.05) is 5.32 Å². The molecule has 1 aromatic rings. The summed E-state index contributed by atoms with van der Waals surface area (Å²) in [6.07, 6.45) is 4.79. The Morgan fingerprint density at radius 2 is 2.31 bits per heavy atom. The molecule has 1 atom stereocenters. The number of imidazole rings is 1. The molecule has 2 rings (SSSR count). The molecule has 0 aromatic carbocycles. The molecular formula is C10H17N3. The van der Waals surface area contributed by atoms with Gasteiger partial charge in [-0.3, -0.25) is 0 Å². The van der Waals surface area contributed by atoms with Crippen molar-refractivity contribution in [1.82, 2.24) is 9.55 Å². The molecular weight excluding hydrogens is 162 g/mol. The van der Waals surface area contributed by atoms with Crippen LogP contribution < -0.4 is 5.32 Å². The topological polar surface area (TPSA) is 29.9 Å². The minimum absolute atomic E-state index is 0.570. The van der Waals surface area contributed by atoms with Crippen molar-refractivity contribution >= 4 is 5.95 Å². The minimum atomic E-state index is 0.570. The molecule has 1 N–H and O–H groups in total. The van der Waals surface area contributed by atoms with Gasteiger partial charge < -0.3 is 9.88 Å². The Morgan fingerprint density at radius 3 is 2.77 bits per heavy atom. The van der Waals surface area contributed by atoms with Gasteiger partial charge >= 0.3 is 0 Å². The van der Waals surface area contributed by atoms with Crippen LogP contribution >= 0.6 is 0 Å². The molecule has 0 amide bonds. The molecule has 1 saturated carbocycles. The maximum atomic E-state index is 4.41. The SMILES string of the molecule is Cc1cn(C)c(NC(C)C2CC2)n1. The van der Waals surface area contributed by atoms with Crippen molar-refractivity contribution in [2.45, 2.75) is 32.7 Å². The molecule has 1 aliphatic carbocycles. The van der Waals surface area contributed by atoms with Crippen LogP contribution in [-0.2, 0) is 7.05 Å². The van der Waals surface area contributed by atoms with E-state index in [2.05, 4.69) is 17.2 Å². The third-order valence-electron chi connectivity index (χ3n) is 2.68. The smallest absolute Gasteiger partial charge is 0.202 e. The first kappa shape index (κ1) is 8.60. The molecule has 0 radical (unpaired) electrons. The van der Waals surface area contributed by atoms with Crippen molar-refractivity contribution in [3.63, 3.8) is 0 Å². The predicted octanol–water partition coefficient (Wildman–Crippen LogP) is 1.94. The summed E-state index contributed by atoms with van der Waals surface area (Å²) in [6.45, 7) is 4.26. The molecule has 13 heavy (non-hydrogen) atoms. The van der Waals surface area contributed by atoms with Crippen LogP contribution in [0, 0.1) is 12.8 Å². The van der Waals surface area contributed by atoms with Crippen LogP contribution in [-0.4, -0.2) is 15.6 Å². The average molecular weight is 179 g/mol. The van der Waals surface area contributed by atoms with Gasteiger partial charge in [0, 0.05) is 19.3 Å². The number of anilines is 1. The van der Waals surface area contributed by atoms with Gasteiger partial charge in [0.05, 0.1) is 5.69 Å². The molecule has 0 saturated heterocycles. The molecule has 1 aromatic heterocycles. The summed E-state index contributed by atoms with van der Waals surface area (Å²) in [4.78, 5) is 4.41. The van der Waals surface area contributed by atoms with Gasteiger partial charge in [-0.05, 0) is 32.6 Å². The predicted molar refractivity (Wildman–Crippen MR) is 53.8 cm³/mol. The second kappa shape index (κ2) is 3.05. The lowest BCUT2D eigenvalue weighted by Crippen LogP contribution is -2.19. The van der Waals surface area contributed by atoms with Crippen LogP contribution in [0.1, 0.15) is 25.5 Å². The first-order valence-electron chi connectivity index (χ1n) is 4.93. The Kier molecular flexibility index (Phi) is 2.02. The highest BCUT2D eigenvalue weighted by molar-refractivity contribution is 5.30. The molecule has 0 bridgehead atoms. The molecule has 72 valence electrons. The van der Waals surface area contributed by atoms with E-state index >= 15 is 0 Å². The maximum Gasteiger partial charge on any atom is 0.202 e. The third-order valence-corrected chi connectivity index (χ3v) is 2.68. The van der Waals surface area contributed by atoms with E-state index in [-0.39, 0.29) is 0 Å². The van der Waals surface area contributed by atoms with Gasteiger partial charge in [0.25, 0.3) is 0 Å². The number of rotatable bonds is 3. The maximum absolute atomic E-state index is 4.41. The summed E-state index contributed by atoms with van der Waals surface area (Å²) in [5.74, 6) is 1.87. The number of aromatic nitrogens is 2. The van der Waals surface area contributed by atoms with E-state index in [1.165, 1.54) is 12.8 Å². The van der Waals surface area contributed by atoms with Crippen molar-refractivity contribution < 1.29 is 0 Å². The zero-order valence-electron chi connectivity index (χ0n) is 8.54.